The number of carbonyl (C=O) groups excluding carboxylic acids is 1. The molecule has 41 heavy (non-hydrogen) atoms. The van der Waals surface area contributed by atoms with Gasteiger partial charge in [-0.15, -0.1) is 0 Å². The molecule has 4 rings (SSSR count). The van der Waals surface area contributed by atoms with Crippen molar-refractivity contribution in [1.82, 2.24) is 15.2 Å². The van der Waals surface area contributed by atoms with Gasteiger partial charge in [-0.25, -0.2) is 4.98 Å². The van der Waals surface area contributed by atoms with E-state index in [2.05, 4.69) is 36.3 Å². The molecule has 1 amide bonds. The highest BCUT2D eigenvalue weighted by Gasteiger charge is 2.44. The summed E-state index contributed by atoms with van der Waals surface area (Å²) >= 11 is 6.77. The van der Waals surface area contributed by atoms with E-state index in [1.807, 2.05) is 49.5 Å². The molecule has 2 N–H and O–H groups in total. The average Bonchev–Trinajstić information content (AvgIpc) is 2.99. The van der Waals surface area contributed by atoms with Gasteiger partial charge in [0, 0.05) is 44.1 Å². The molecule has 1 aromatic heterocycles. The number of unbranched alkanes of at least 4 members (excludes halogenated alkanes) is 1. The van der Waals surface area contributed by atoms with E-state index in [-0.39, 0.29) is 12.5 Å². The molecule has 0 radical (unpaired) electrons. The van der Waals surface area contributed by atoms with Crippen molar-refractivity contribution in [3.8, 4) is 11.1 Å². The molecule has 1 saturated heterocycles. The van der Waals surface area contributed by atoms with E-state index in [0.717, 1.165) is 24.1 Å². The molecular formula is C33H42ClN3O4. The van der Waals surface area contributed by atoms with Gasteiger partial charge < -0.3 is 24.8 Å². The van der Waals surface area contributed by atoms with Crippen LogP contribution in [0.2, 0.25) is 5.15 Å². The van der Waals surface area contributed by atoms with Crippen molar-refractivity contribution in [2.45, 2.75) is 57.3 Å². The Kier molecular flexibility index (Phi) is 10.9. The van der Waals surface area contributed by atoms with Gasteiger partial charge >= 0.3 is 0 Å². The molecule has 8 heteroatoms. The smallest absolute Gasteiger partial charge is 0.254 e. The fourth-order valence-electron chi connectivity index (χ4n) is 5.51. The molecule has 1 fully saturated rings. The van der Waals surface area contributed by atoms with E-state index in [0.29, 0.717) is 60.4 Å². The van der Waals surface area contributed by atoms with Crippen LogP contribution in [0.25, 0.3) is 11.1 Å². The molecule has 1 aliphatic heterocycles. The molecule has 0 unspecified atom stereocenters. The minimum atomic E-state index is -1.42. The number of methoxy groups -OCH3 is 1. The third-order valence-electron chi connectivity index (χ3n) is 7.84. The molecular weight excluding hydrogens is 538 g/mol. The number of aromatic nitrogens is 1. The zero-order valence-electron chi connectivity index (χ0n) is 24.5. The molecule has 0 saturated carbocycles. The largest absolute Gasteiger partial charge is 0.385 e. The minimum Gasteiger partial charge on any atom is -0.385 e. The highest BCUT2D eigenvalue weighted by molar-refractivity contribution is 6.32. The van der Waals surface area contributed by atoms with Crippen LogP contribution in [-0.2, 0) is 21.6 Å². The number of ether oxygens (including phenoxy) is 2. The van der Waals surface area contributed by atoms with Crippen molar-refractivity contribution in [2.24, 2.45) is 0 Å². The summed E-state index contributed by atoms with van der Waals surface area (Å²) in [6, 6.07) is 17.7. The van der Waals surface area contributed by atoms with Crippen molar-refractivity contribution in [1.29, 1.82) is 0 Å². The summed E-state index contributed by atoms with van der Waals surface area (Å²) in [6.07, 6.45) is 2.88. The number of nitrogens with one attached hydrogen (secondary N) is 1. The first-order chi connectivity index (χ1) is 19.8. The number of pyridine rings is 1. The maximum Gasteiger partial charge on any atom is 0.254 e. The summed E-state index contributed by atoms with van der Waals surface area (Å²) in [6.45, 7) is 6.65. The topological polar surface area (TPSA) is 83.9 Å². The SMILES string of the molecule is CNCc1ccc(C(=O)N2CCO[C@@H]([C@@](O)(CCCCOC)c3ccnc(Cl)c3-c3cccc(C(C)C)c3)C2)cc1. The van der Waals surface area contributed by atoms with Crippen LogP contribution in [0.3, 0.4) is 0 Å². The van der Waals surface area contributed by atoms with Crippen LogP contribution in [0.1, 0.15) is 66.1 Å². The highest BCUT2D eigenvalue weighted by Crippen LogP contribution is 2.42. The molecule has 2 atom stereocenters. The van der Waals surface area contributed by atoms with Crippen LogP contribution in [0, 0.1) is 0 Å². The Morgan fingerprint density at radius 2 is 2.00 bits per heavy atom. The Hall–Kier alpha value is -2.81. The lowest BCUT2D eigenvalue weighted by atomic mass is 9.79. The zero-order chi connectivity index (χ0) is 29.4. The molecule has 2 heterocycles. The Bertz CT molecular complexity index is 1300. The molecule has 7 nitrogen and oxygen atoms in total. The average molecular weight is 580 g/mol. The fraction of sp³-hybridized carbons (Fsp3) is 0.455. The number of nitrogens with zero attached hydrogens (tertiary/aromatic N) is 2. The third kappa shape index (κ3) is 7.34. The van der Waals surface area contributed by atoms with Gasteiger partial charge in [-0.05, 0) is 72.7 Å². The summed E-state index contributed by atoms with van der Waals surface area (Å²) < 4.78 is 11.5. The van der Waals surface area contributed by atoms with Crippen molar-refractivity contribution in [3.63, 3.8) is 0 Å². The van der Waals surface area contributed by atoms with E-state index >= 15 is 0 Å². The number of rotatable bonds is 12. The van der Waals surface area contributed by atoms with Gasteiger partial charge in [0.05, 0.1) is 13.2 Å². The number of morpholine rings is 1. The summed E-state index contributed by atoms with van der Waals surface area (Å²) in [5.41, 5.74) is 3.72. The predicted octanol–water partition coefficient (Wildman–Crippen LogP) is 5.79. The molecule has 1 aliphatic rings. The van der Waals surface area contributed by atoms with Gasteiger partial charge in [-0.1, -0.05) is 61.8 Å². The Morgan fingerprint density at radius 3 is 2.71 bits per heavy atom. The summed E-state index contributed by atoms with van der Waals surface area (Å²) in [7, 11) is 3.57. The van der Waals surface area contributed by atoms with Gasteiger partial charge in [-0.2, -0.15) is 0 Å². The maximum atomic E-state index is 13.5. The second-order valence-corrected chi connectivity index (χ2v) is 11.4. The van der Waals surface area contributed by atoms with Gasteiger partial charge in [0.15, 0.2) is 0 Å². The molecule has 3 aromatic rings. The number of halogens is 1. The van der Waals surface area contributed by atoms with Crippen molar-refractivity contribution >= 4 is 17.5 Å². The normalized spacial score (nSPS) is 17.0. The first-order valence-electron chi connectivity index (χ1n) is 14.4. The summed E-state index contributed by atoms with van der Waals surface area (Å²) in [4.78, 5) is 19.7. The van der Waals surface area contributed by atoms with Crippen molar-refractivity contribution in [3.05, 3.63) is 88.2 Å². The summed E-state index contributed by atoms with van der Waals surface area (Å²) in [5.74, 6) is 0.254. The number of aliphatic hydroxyl groups is 1. The van der Waals surface area contributed by atoms with Gasteiger partial charge in [0.1, 0.15) is 16.9 Å². The van der Waals surface area contributed by atoms with E-state index in [4.69, 9.17) is 21.1 Å². The molecule has 0 aliphatic carbocycles. The van der Waals surface area contributed by atoms with Crippen LogP contribution in [0.15, 0.2) is 60.8 Å². The van der Waals surface area contributed by atoms with E-state index < -0.39 is 11.7 Å². The van der Waals surface area contributed by atoms with Gasteiger partial charge in [-0.3, -0.25) is 4.79 Å². The second kappa shape index (κ2) is 14.4. The van der Waals surface area contributed by atoms with Crippen LogP contribution < -0.4 is 5.32 Å². The lowest BCUT2D eigenvalue weighted by molar-refractivity contribution is -0.146. The monoisotopic (exact) mass is 579 g/mol. The number of benzene rings is 2. The minimum absolute atomic E-state index is 0.0753. The predicted molar refractivity (Wildman–Crippen MR) is 163 cm³/mol. The number of amides is 1. The number of carbonyl (C=O) groups is 1. The maximum absolute atomic E-state index is 13.5. The number of hydrogen-bond donors (Lipinski definition) is 2. The quantitative estimate of drug-likeness (QED) is 0.209. The number of hydrogen-bond acceptors (Lipinski definition) is 6. The van der Waals surface area contributed by atoms with Crippen LogP contribution in [-0.4, -0.2) is 67.5 Å². The second-order valence-electron chi connectivity index (χ2n) is 11.0. The molecule has 2 aromatic carbocycles. The molecule has 220 valence electrons. The summed E-state index contributed by atoms with van der Waals surface area (Å²) in [5, 5.41) is 16.1. The van der Waals surface area contributed by atoms with E-state index in [1.54, 1.807) is 18.2 Å². The van der Waals surface area contributed by atoms with Gasteiger partial charge in [0.25, 0.3) is 5.91 Å². The zero-order valence-corrected chi connectivity index (χ0v) is 25.3. The highest BCUT2D eigenvalue weighted by atomic mass is 35.5. The fourth-order valence-corrected chi connectivity index (χ4v) is 5.78. The first-order valence-corrected chi connectivity index (χ1v) is 14.8. The standard InChI is InChI=1S/C33H42ClN3O4/c1-23(2)26-8-7-9-27(20-26)30-28(14-16-36-31(30)34)33(39,15-5-6-18-40-4)29-22-37(17-19-41-29)32(38)25-12-10-24(11-13-25)21-35-3/h7-14,16,20,23,29,35,39H,5-6,15,17-19,21-22H2,1-4H3/t29-,33-/m1/s1. The van der Waals surface area contributed by atoms with Crippen LogP contribution in [0.4, 0.5) is 0 Å². The van der Waals surface area contributed by atoms with Gasteiger partial charge in [0.2, 0.25) is 0 Å². The Labute approximate surface area is 248 Å². The van der Waals surface area contributed by atoms with Crippen molar-refractivity contribution < 1.29 is 19.4 Å². The lowest BCUT2D eigenvalue weighted by Crippen LogP contribution is -2.54. The first kappa shape index (κ1) is 31.1. The van der Waals surface area contributed by atoms with Crippen LogP contribution in [0.5, 0.6) is 0 Å². The van der Waals surface area contributed by atoms with Crippen LogP contribution >= 0.6 is 11.6 Å². The lowest BCUT2D eigenvalue weighted by Gasteiger charge is -2.43. The molecule has 0 bridgehead atoms. The van der Waals surface area contributed by atoms with E-state index in [9.17, 15) is 9.90 Å². The van der Waals surface area contributed by atoms with E-state index in [1.165, 1.54) is 5.56 Å². The Morgan fingerprint density at radius 1 is 1.22 bits per heavy atom. The third-order valence-corrected chi connectivity index (χ3v) is 8.12. The van der Waals surface area contributed by atoms with Crippen molar-refractivity contribution in [2.75, 3.05) is 40.5 Å². The molecule has 0 spiro atoms. The Balaban J connectivity index is 1.70.